The SMILES string of the molecule is CC(Sc1nnnn1Cc1cccs1)C(=O)Nc1ccc(OCc2ccccc2)cc1. The van der Waals surface area contributed by atoms with Crippen molar-refractivity contribution in [2.24, 2.45) is 0 Å². The molecular weight excluding hydrogens is 430 g/mol. The number of tetrazole rings is 1. The molecule has 4 rings (SSSR count). The summed E-state index contributed by atoms with van der Waals surface area (Å²) in [5.74, 6) is 0.630. The number of benzene rings is 2. The first-order valence-corrected chi connectivity index (χ1v) is 11.5. The highest BCUT2D eigenvalue weighted by molar-refractivity contribution is 8.00. The Balaban J connectivity index is 1.29. The van der Waals surface area contributed by atoms with Gasteiger partial charge in [-0.15, -0.1) is 16.4 Å². The molecule has 2 aromatic carbocycles. The van der Waals surface area contributed by atoms with Crippen molar-refractivity contribution in [3.8, 4) is 5.75 Å². The monoisotopic (exact) mass is 451 g/mol. The average molecular weight is 452 g/mol. The molecule has 7 nitrogen and oxygen atoms in total. The van der Waals surface area contributed by atoms with Gasteiger partial charge in [-0.05, 0) is 58.6 Å². The minimum Gasteiger partial charge on any atom is -0.489 e. The number of thiophene rings is 1. The zero-order valence-corrected chi connectivity index (χ0v) is 18.5. The van der Waals surface area contributed by atoms with E-state index in [1.54, 1.807) is 16.0 Å². The number of aromatic nitrogens is 4. The topological polar surface area (TPSA) is 81.9 Å². The Kier molecular flexibility index (Phi) is 6.96. The molecule has 0 bridgehead atoms. The van der Waals surface area contributed by atoms with Gasteiger partial charge in [-0.1, -0.05) is 48.2 Å². The van der Waals surface area contributed by atoms with Crippen LogP contribution in [-0.2, 0) is 17.9 Å². The van der Waals surface area contributed by atoms with Gasteiger partial charge < -0.3 is 10.1 Å². The molecule has 0 saturated heterocycles. The molecule has 0 fully saturated rings. The van der Waals surface area contributed by atoms with E-state index < -0.39 is 0 Å². The number of rotatable bonds is 9. The van der Waals surface area contributed by atoms with Crippen LogP contribution in [0.2, 0.25) is 0 Å². The molecule has 31 heavy (non-hydrogen) atoms. The molecule has 1 N–H and O–H groups in total. The van der Waals surface area contributed by atoms with E-state index in [0.717, 1.165) is 16.2 Å². The summed E-state index contributed by atoms with van der Waals surface area (Å²) in [4.78, 5) is 13.8. The molecule has 158 valence electrons. The quantitative estimate of drug-likeness (QED) is 0.378. The molecule has 2 aromatic heterocycles. The molecule has 1 atom stereocenters. The highest BCUT2D eigenvalue weighted by Crippen LogP contribution is 2.24. The van der Waals surface area contributed by atoms with Crippen molar-refractivity contribution in [2.45, 2.75) is 30.5 Å². The van der Waals surface area contributed by atoms with Crippen LogP contribution < -0.4 is 10.1 Å². The van der Waals surface area contributed by atoms with E-state index in [9.17, 15) is 4.79 Å². The van der Waals surface area contributed by atoms with Crippen LogP contribution >= 0.6 is 23.1 Å². The summed E-state index contributed by atoms with van der Waals surface area (Å²) in [5.41, 5.74) is 1.81. The van der Waals surface area contributed by atoms with Gasteiger partial charge in [0.1, 0.15) is 12.4 Å². The predicted molar refractivity (Wildman–Crippen MR) is 122 cm³/mol. The zero-order valence-electron chi connectivity index (χ0n) is 16.8. The highest BCUT2D eigenvalue weighted by atomic mass is 32.2. The Morgan fingerprint density at radius 2 is 1.94 bits per heavy atom. The molecule has 0 aliphatic heterocycles. The number of thioether (sulfide) groups is 1. The summed E-state index contributed by atoms with van der Waals surface area (Å²) in [6, 6.07) is 21.4. The third-order valence-electron chi connectivity index (χ3n) is 4.41. The predicted octanol–water partition coefficient (Wildman–Crippen LogP) is 4.48. The Hall–Kier alpha value is -3.17. The molecular formula is C22H21N5O2S2. The lowest BCUT2D eigenvalue weighted by Gasteiger charge is -2.12. The fourth-order valence-corrected chi connectivity index (χ4v) is 4.24. The zero-order chi connectivity index (χ0) is 21.5. The molecule has 0 aliphatic carbocycles. The maximum atomic E-state index is 12.6. The number of carbonyl (C=O) groups excluding carboxylic acids is 1. The second-order valence-electron chi connectivity index (χ2n) is 6.75. The maximum Gasteiger partial charge on any atom is 0.237 e. The Morgan fingerprint density at radius 3 is 2.68 bits per heavy atom. The summed E-state index contributed by atoms with van der Waals surface area (Å²) < 4.78 is 7.49. The van der Waals surface area contributed by atoms with Crippen LogP contribution in [0.4, 0.5) is 5.69 Å². The average Bonchev–Trinajstić information content (AvgIpc) is 3.47. The number of amides is 1. The lowest BCUT2D eigenvalue weighted by atomic mass is 10.2. The molecule has 0 spiro atoms. The second-order valence-corrected chi connectivity index (χ2v) is 9.09. The molecule has 1 amide bonds. The van der Waals surface area contributed by atoms with Gasteiger partial charge in [-0.3, -0.25) is 4.79 Å². The number of ether oxygens (including phenoxy) is 1. The number of hydrogen-bond acceptors (Lipinski definition) is 7. The minimum absolute atomic E-state index is 0.117. The van der Waals surface area contributed by atoms with E-state index in [-0.39, 0.29) is 11.2 Å². The maximum absolute atomic E-state index is 12.6. The Morgan fingerprint density at radius 1 is 1.13 bits per heavy atom. The summed E-state index contributed by atoms with van der Waals surface area (Å²) in [6.07, 6.45) is 0. The largest absolute Gasteiger partial charge is 0.489 e. The normalized spacial score (nSPS) is 11.8. The van der Waals surface area contributed by atoms with Crippen molar-refractivity contribution in [3.63, 3.8) is 0 Å². The second kappa shape index (κ2) is 10.2. The third kappa shape index (κ3) is 5.93. The van der Waals surface area contributed by atoms with Crippen LogP contribution in [-0.4, -0.2) is 31.4 Å². The summed E-state index contributed by atoms with van der Waals surface area (Å²) >= 11 is 2.97. The van der Waals surface area contributed by atoms with Crippen molar-refractivity contribution in [2.75, 3.05) is 5.32 Å². The minimum atomic E-state index is -0.359. The summed E-state index contributed by atoms with van der Waals surface area (Å²) in [5, 5.41) is 17.0. The first kappa shape index (κ1) is 21.1. The van der Waals surface area contributed by atoms with E-state index >= 15 is 0 Å². The number of nitrogens with zero attached hydrogens (tertiary/aromatic N) is 4. The van der Waals surface area contributed by atoms with E-state index in [1.807, 2.05) is 79.0 Å². The first-order chi connectivity index (χ1) is 15.2. The fourth-order valence-electron chi connectivity index (χ4n) is 2.76. The van der Waals surface area contributed by atoms with Gasteiger partial charge in [0.15, 0.2) is 0 Å². The van der Waals surface area contributed by atoms with Crippen molar-refractivity contribution < 1.29 is 9.53 Å². The van der Waals surface area contributed by atoms with Gasteiger partial charge in [-0.25, -0.2) is 4.68 Å². The van der Waals surface area contributed by atoms with Gasteiger partial charge in [0.25, 0.3) is 0 Å². The van der Waals surface area contributed by atoms with Crippen molar-refractivity contribution in [3.05, 3.63) is 82.6 Å². The third-order valence-corrected chi connectivity index (χ3v) is 6.34. The first-order valence-electron chi connectivity index (χ1n) is 9.70. The number of hydrogen-bond donors (Lipinski definition) is 1. The van der Waals surface area contributed by atoms with Crippen molar-refractivity contribution in [1.82, 2.24) is 20.2 Å². The fraction of sp³-hybridized carbons (Fsp3) is 0.182. The van der Waals surface area contributed by atoms with E-state index in [4.69, 9.17) is 4.74 Å². The van der Waals surface area contributed by atoms with Gasteiger partial charge >= 0.3 is 0 Å². The van der Waals surface area contributed by atoms with Crippen LogP contribution in [0.25, 0.3) is 0 Å². The molecule has 9 heteroatoms. The summed E-state index contributed by atoms with van der Waals surface area (Å²) in [6.45, 7) is 2.92. The van der Waals surface area contributed by atoms with Crippen LogP contribution in [0.3, 0.4) is 0 Å². The molecule has 4 aromatic rings. The lowest BCUT2D eigenvalue weighted by molar-refractivity contribution is -0.115. The Labute approximate surface area is 188 Å². The molecule has 0 aliphatic rings. The van der Waals surface area contributed by atoms with E-state index in [1.165, 1.54) is 11.8 Å². The summed E-state index contributed by atoms with van der Waals surface area (Å²) in [7, 11) is 0. The van der Waals surface area contributed by atoms with Crippen molar-refractivity contribution >= 4 is 34.7 Å². The Bertz CT molecular complexity index is 1100. The van der Waals surface area contributed by atoms with Gasteiger partial charge in [-0.2, -0.15) is 0 Å². The van der Waals surface area contributed by atoms with Crippen LogP contribution in [0, 0.1) is 0 Å². The standard InChI is InChI=1S/C22H21N5O2S2/c1-16(31-22-24-25-26-27(22)14-20-8-5-13-30-20)21(28)23-18-9-11-19(12-10-18)29-15-17-6-3-2-4-7-17/h2-13,16H,14-15H2,1H3,(H,23,28). The number of anilines is 1. The molecule has 2 heterocycles. The van der Waals surface area contributed by atoms with Gasteiger partial charge in [0, 0.05) is 10.6 Å². The van der Waals surface area contributed by atoms with Crippen LogP contribution in [0.1, 0.15) is 17.4 Å². The lowest BCUT2D eigenvalue weighted by Crippen LogP contribution is -2.23. The van der Waals surface area contributed by atoms with Gasteiger partial charge in [0.2, 0.25) is 11.1 Å². The van der Waals surface area contributed by atoms with E-state index in [2.05, 4.69) is 20.8 Å². The molecule has 0 saturated carbocycles. The smallest absolute Gasteiger partial charge is 0.237 e. The highest BCUT2D eigenvalue weighted by Gasteiger charge is 2.19. The number of nitrogens with one attached hydrogen (secondary N) is 1. The van der Waals surface area contributed by atoms with Gasteiger partial charge in [0.05, 0.1) is 11.8 Å². The molecule has 1 unspecified atom stereocenters. The van der Waals surface area contributed by atoms with Crippen LogP contribution in [0.15, 0.2) is 77.3 Å². The van der Waals surface area contributed by atoms with Crippen LogP contribution in [0.5, 0.6) is 5.75 Å². The van der Waals surface area contributed by atoms with Crippen molar-refractivity contribution in [1.29, 1.82) is 0 Å². The van der Waals surface area contributed by atoms with E-state index in [0.29, 0.717) is 24.0 Å². The molecule has 0 radical (unpaired) electrons. The number of carbonyl (C=O) groups is 1.